The molecule has 0 saturated carbocycles. The molecular weight excluding hydrogens is 294 g/mol. The summed E-state index contributed by atoms with van der Waals surface area (Å²) < 4.78 is 28.7. The lowest BCUT2D eigenvalue weighted by Gasteiger charge is -2.15. The Labute approximate surface area is 122 Å². The van der Waals surface area contributed by atoms with Crippen molar-refractivity contribution in [1.82, 2.24) is 14.3 Å². The summed E-state index contributed by atoms with van der Waals surface area (Å²) in [7, 11) is -3.77. The van der Waals surface area contributed by atoms with Crippen molar-refractivity contribution in [2.75, 3.05) is 0 Å². The number of hydrogen-bond acceptors (Lipinski definition) is 4. The molecule has 0 radical (unpaired) electrons. The Bertz CT molecular complexity index is 726. The number of nitrogens with zero attached hydrogens (tertiary/aromatic N) is 2. The second-order valence-corrected chi connectivity index (χ2v) is 6.33. The summed E-state index contributed by atoms with van der Waals surface area (Å²) in [4.78, 5) is 14.7. The normalized spacial score (nSPS) is 13.0. The van der Waals surface area contributed by atoms with E-state index >= 15 is 0 Å². The molecule has 112 valence electrons. The van der Waals surface area contributed by atoms with Crippen LogP contribution >= 0.6 is 0 Å². The first-order valence-electron chi connectivity index (χ1n) is 6.20. The van der Waals surface area contributed by atoms with Crippen LogP contribution < -0.4 is 4.72 Å². The Morgan fingerprint density at radius 2 is 2.24 bits per heavy atom. The SMILES string of the molecule is CC(Cn1ccnc1)NS(=O)(=O)c1cccc(C(=O)O)c1. The van der Waals surface area contributed by atoms with Crippen LogP contribution in [0.15, 0.2) is 47.9 Å². The lowest BCUT2D eigenvalue weighted by atomic mass is 10.2. The topological polar surface area (TPSA) is 101 Å². The van der Waals surface area contributed by atoms with Gasteiger partial charge in [0.1, 0.15) is 0 Å². The summed E-state index contributed by atoms with van der Waals surface area (Å²) in [6, 6.07) is 4.87. The number of carboxylic acid groups (broad SMARTS) is 1. The molecule has 2 aromatic rings. The summed E-state index contributed by atoms with van der Waals surface area (Å²) in [6.07, 6.45) is 4.93. The maximum absolute atomic E-state index is 12.2. The lowest BCUT2D eigenvalue weighted by molar-refractivity contribution is 0.0696. The zero-order valence-electron chi connectivity index (χ0n) is 11.3. The zero-order valence-corrected chi connectivity index (χ0v) is 12.1. The minimum absolute atomic E-state index is 0.0693. The Morgan fingerprint density at radius 1 is 1.48 bits per heavy atom. The lowest BCUT2D eigenvalue weighted by Crippen LogP contribution is -2.35. The van der Waals surface area contributed by atoms with E-state index < -0.39 is 16.0 Å². The predicted molar refractivity (Wildman–Crippen MR) is 75.4 cm³/mol. The Hall–Kier alpha value is -2.19. The summed E-state index contributed by atoms with van der Waals surface area (Å²) >= 11 is 0. The molecule has 0 aliphatic rings. The molecule has 2 N–H and O–H groups in total. The number of imidazole rings is 1. The van der Waals surface area contributed by atoms with Crippen molar-refractivity contribution in [3.8, 4) is 0 Å². The minimum Gasteiger partial charge on any atom is -0.478 e. The predicted octanol–water partition coefficient (Wildman–Crippen LogP) is 0.948. The fourth-order valence-corrected chi connectivity index (χ4v) is 3.16. The van der Waals surface area contributed by atoms with Gasteiger partial charge in [0.05, 0.1) is 16.8 Å². The number of aromatic nitrogens is 2. The number of carboxylic acids is 1. The van der Waals surface area contributed by atoms with Crippen molar-refractivity contribution in [2.24, 2.45) is 0 Å². The van der Waals surface area contributed by atoms with Crippen LogP contribution in [-0.4, -0.2) is 35.1 Å². The number of carbonyl (C=O) groups is 1. The minimum atomic E-state index is -3.77. The van der Waals surface area contributed by atoms with Crippen LogP contribution in [0.25, 0.3) is 0 Å². The third-order valence-corrected chi connectivity index (χ3v) is 4.38. The van der Waals surface area contributed by atoms with Crippen molar-refractivity contribution in [3.63, 3.8) is 0 Å². The molecule has 2 rings (SSSR count). The highest BCUT2D eigenvalue weighted by Crippen LogP contribution is 2.12. The maximum Gasteiger partial charge on any atom is 0.335 e. The maximum atomic E-state index is 12.2. The molecule has 0 amide bonds. The average Bonchev–Trinajstić information content (AvgIpc) is 2.91. The second-order valence-electron chi connectivity index (χ2n) is 4.61. The van der Waals surface area contributed by atoms with Crippen molar-refractivity contribution < 1.29 is 18.3 Å². The first kappa shape index (κ1) is 15.2. The van der Waals surface area contributed by atoms with Gasteiger partial charge in [-0.1, -0.05) is 6.07 Å². The van der Waals surface area contributed by atoms with E-state index in [0.29, 0.717) is 6.54 Å². The van der Waals surface area contributed by atoms with Crippen LogP contribution in [0, 0.1) is 0 Å². The van der Waals surface area contributed by atoms with Crippen LogP contribution in [0.5, 0.6) is 0 Å². The van der Waals surface area contributed by atoms with E-state index in [1.54, 1.807) is 30.2 Å². The molecule has 0 bridgehead atoms. The molecule has 1 atom stereocenters. The number of aromatic carboxylic acids is 1. The highest BCUT2D eigenvalue weighted by atomic mass is 32.2. The number of hydrogen-bond donors (Lipinski definition) is 2. The fraction of sp³-hybridized carbons (Fsp3) is 0.231. The van der Waals surface area contributed by atoms with Gasteiger partial charge in [0.15, 0.2) is 0 Å². The third kappa shape index (κ3) is 3.89. The van der Waals surface area contributed by atoms with Gasteiger partial charge in [-0.05, 0) is 25.1 Å². The van der Waals surface area contributed by atoms with Gasteiger partial charge in [0.25, 0.3) is 0 Å². The first-order chi connectivity index (χ1) is 9.88. The van der Waals surface area contributed by atoms with Crippen molar-refractivity contribution in [1.29, 1.82) is 0 Å². The van der Waals surface area contributed by atoms with E-state index in [4.69, 9.17) is 5.11 Å². The summed E-state index contributed by atoms with van der Waals surface area (Å²) in [5.41, 5.74) is -0.0693. The van der Waals surface area contributed by atoms with E-state index in [1.165, 1.54) is 18.2 Å². The largest absolute Gasteiger partial charge is 0.478 e. The molecule has 21 heavy (non-hydrogen) atoms. The number of benzene rings is 1. The summed E-state index contributed by atoms with van der Waals surface area (Å²) in [6.45, 7) is 2.15. The fourth-order valence-electron chi connectivity index (χ4n) is 1.88. The number of rotatable bonds is 6. The van der Waals surface area contributed by atoms with Crippen molar-refractivity contribution in [3.05, 3.63) is 48.5 Å². The highest BCUT2D eigenvalue weighted by Gasteiger charge is 2.18. The van der Waals surface area contributed by atoms with Crippen LogP contribution in [0.2, 0.25) is 0 Å². The monoisotopic (exact) mass is 309 g/mol. The van der Waals surface area contributed by atoms with E-state index in [1.807, 2.05) is 0 Å². The summed E-state index contributed by atoms with van der Waals surface area (Å²) in [5, 5.41) is 8.90. The Morgan fingerprint density at radius 3 is 2.86 bits per heavy atom. The molecule has 0 aliphatic heterocycles. The van der Waals surface area contributed by atoms with E-state index in [-0.39, 0.29) is 16.5 Å². The van der Waals surface area contributed by atoms with Gasteiger partial charge < -0.3 is 9.67 Å². The Kier molecular flexibility index (Phi) is 4.39. The molecule has 7 nitrogen and oxygen atoms in total. The highest BCUT2D eigenvalue weighted by molar-refractivity contribution is 7.89. The standard InChI is InChI=1S/C13H15N3O4S/c1-10(8-16-6-5-14-9-16)15-21(19,20)12-4-2-3-11(7-12)13(17)18/h2-7,9-10,15H,8H2,1H3,(H,17,18). The van der Waals surface area contributed by atoms with Gasteiger partial charge in [-0.3, -0.25) is 0 Å². The molecule has 1 aromatic heterocycles. The average molecular weight is 309 g/mol. The smallest absolute Gasteiger partial charge is 0.335 e. The van der Waals surface area contributed by atoms with Crippen LogP contribution in [0.1, 0.15) is 17.3 Å². The molecule has 1 aromatic carbocycles. The molecule has 1 heterocycles. The number of sulfonamides is 1. The molecule has 0 fully saturated rings. The molecule has 1 unspecified atom stereocenters. The van der Waals surface area contributed by atoms with Gasteiger partial charge in [-0.15, -0.1) is 0 Å². The van der Waals surface area contributed by atoms with Crippen LogP contribution in [0.3, 0.4) is 0 Å². The molecule has 8 heteroatoms. The van der Waals surface area contributed by atoms with Crippen molar-refractivity contribution >= 4 is 16.0 Å². The quantitative estimate of drug-likeness (QED) is 0.827. The van der Waals surface area contributed by atoms with Crippen LogP contribution in [-0.2, 0) is 16.6 Å². The summed E-state index contributed by atoms with van der Waals surface area (Å²) in [5.74, 6) is -1.17. The first-order valence-corrected chi connectivity index (χ1v) is 7.68. The molecule has 0 spiro atoms. The van der Waals surface area contributed by atoms with E-state index in [0.717, 1.165) is 6.07 Å². The van der Waals surface area contributed by atoms with Crippen molar-refractivity contribution in [2.45, 2.75) is 24.4 Å². The number of nitrogens with one attached hydrogen (secondary N) is 1. The molecular formula is C13H15N3O4S. The zero-order chi connectivity index (χ0) is 15.5. The van der Waals surface area contributed by atoms with Gasteiger partial charge in [-0.25, -0.2) is 22.9 Å². The molecule has 0 aliphatic carbocycles. The van der Waals surface area contributed by atoms with Gasteiger partial charge in [0, 0.05) is 25.0 Å². The van der Waals surface area contributed by atoms with Gasteiger partial charge >= 0.3 is 5.97 Å². The van der Waals surface area contributed by atoms with Gasteiger partial charge in [-0.2, -0.15) is 0 Å². The third-order valence-electron chi connectivity index (χ3n) is 2.79. The van der Waals surface area contributed by atoms with E-state index in [2.05, 4.69) is 9.71 Å². The molecule has 0 saturated heterocycles. The second kappa shape index (κ2) is 6.06. The van der Waals surface area contributed by atoms with E-state index in [9.17, 15) is 13.2 Å². The van der Waals surface area contributed by atoms with Gasteiger partial charge in [0.2, 0.25) is 10.0 Å². The van der Waals surface area contributed by atoms with Crippen LogP contribution in [0.4, 0.5) is 0 Å². The Balaban J connectivity index is 2.14.